The maximum absolute atomic E-state index is 5.97. The maximum Gasteiger partial charge on any atom is 0.0951 e. The second-order valence-corrected chi connectivity index (χ2v) is 4.85. The summed E-state index contributed by atoms with van der Waals surface area (Å²) in [7, 11) is 0. The van der Waals surface area contributed by atoms with Gasteiger partial charge in [0.05, 0.1) is 12.0 Å². The van der Waals surface area contributed by atoms with Crippen molar-refractivity contribution in [1.82, 2.24) is 9.55 Å². The van der Waals surface area contributed by atoms with E-state index in [0.29, 0.717) is 6.04 Å². The van der Waals surface area contributed by atoms with Gasteiger partial charge in [0, 0.05) is 18.3 Å². The first-order valence-electron chi connectivity index (χ1n) is 6.10. The van der Waals surface area contributed by atoms with Crippen LogP contribution in [-0.2, 0) is 12.8 Å². The summed E-state index contributed by atoms with van der Waals surface area (Å²) in [5, 5.41) is 0. The predicted octanol–water partition coefficient (Wildman–Crippen LogP) is 2.24. The zero-order valence-electron chi connectivity index (χ0n) is 10.0. The van der Waals surface area contributed by atoms with Crippen molar-refractivity contribution in [3.8, 4) is 0 Å². The summed E-state index contributed by atoms with van der Waals surface area (Å²) >= 11 is 0. The lowest BCUT2D eigenvalue weighted by Gasteiger charge is -2.17. The lowest BCUT2D eigenvalue weighted by molar-refractivity contribution is 0.497. The van der Waals surface area contributed by atoms with Crippen LogP contribution in [0, 0.1) is 0 Å². The average Bonchev–Trinajstić information content (AvgIpc) is 2.95. The second kappa shape index (κ2) is 4.00. The van der Waals surface area contributed by atoms with Gasteiger partial charge in [-0.15, -0.1) is 0 Å². The van der Waals surface area contributed by atoms with Crippen LogP contribution in [0.5, 0.6) is 0 Å². The van der Waals surface area contributed by atoms with Crippen molar-refractivity contribution < 1.29 is 0 Å². The Morgan fingerprint density at radius 1 is 1.29 bits per heavy atom. The van der Waals surface area contributed by atoms with E-state index in [1.54, 1.807) is 0 Å². The van der Waals surface area contributed by atoms with Crippen LogP contribution in [0.1, 0.15) is 35.8 Å². The summed E-state index contributed by atoms with van der Waals surface area (Å²) in [5.74, 6) is 0. The molecule has 3 rings (SSSR count). The highest BCUT2D eigenvalue weighted by Crippen LogP contribution is 2.31. The third kappa shape index (κ3) is 1.76. The minimum Gasteiger partial charge on any atom is -0.329 e. The zero-order valence-corrected chi connectivity index (χ0v) is 10.0. The minimum absolute atomic E-state index is 0.0428. The molecular formula is C14H17N3. The lowest BCUT2D eigenvalue weighted by Crippen LogP contribution is -2.16. The Balaban J connectivity index is 1.91. The van der Waals surface area contributed by atoms with Crippen molar-refractivity contribution in [1.29, 1.82) is 0 Å². The molecule has 1 aliphatic carbocycles. The molecule has 1 aromatic heterocycles. The second-order valence-electron chi connectivity index (χ2n) is 4.85. The number of aromatic nitrogens is 2. The van der Waals surface area contributed by atoms with Crippen LogP contribution < -0.4 is 5.73 Å². The van der Waals surface area contributed by atoms with E-state index in [0.717, 1.165) is 18.5 Å². The molecule has 0 fully saturated rings. The van der Waals surface area contributed by atoms with Crippen LogP contribution in [0.15, 0.2) is 36.8 Å². The standard InChI is InChI=1S/C14H17N3/c1-10(15)14-8-16-9-17(14)13-6-11-4-2-3-5-12(11)7-13/h2-5,8-10,13H,6-7,15H2,1H3/t10-/m0/s1. The summed E-state index contributed by atoms with van der Waals surface area (Å²) in [5.41, 5.74) is 10.0. The van der Waals surface area contributed by atoms with Gasteiger partial charge in [-0.2, -0.15) is 0 Å². The molecule has 0 saturated heterocycles. The zero-order chi connectivity index (χ0) is 11.8. The summed E-state index contributed by atoms with van der Waals surface area (Å²) < 4.78 is 2.24. The highest BCUT2D eigenvalue weighted by molar-refractivity contribution is 5.33. The first-order valence-corrected chi connectivity index (χ1v) is 6.10. The number of fused-ring (bicyclic) bond motifs is 1. The topological polar surface area (TPSA) is 43.8 Å². The molecule has 0 aliphatic heterocycles. The molecule has 1 aromatic carbocycles. The highest BCUT2D eigenvalue weighted by atomic mass is 15.1. The van der Waals surface area contributed by atoms with Crippen LogP contribution in [0.25, 0.3) is 0 Å². The molecule has 0 amide bonds. The molecule has 0 bridgehead atoms. The van der Waals surface area contributed by atoms with Gasteiger partial charge in [0.1, 0.15) is 0 Å². The number of hydrogen-bond acceptors (Lipinski definition) is 2. The van der Waals surface area contributed by atoms with Crippen molar-refractivity contribution in [3.63, 3.8) is 0 Å². The predicted molar refractivity (Wildman–Crippen MR) is 67.7 cm³/mol. The van der Waals surface area contributed by atoms with Gasteiger partial charge < -0.3 is 10.3 Å². The van der Waals surface area contributed by atoms with E-state index in [4.69, 9.17) is 5.73 Å². The Kier molecular flexibility index (Phi) is 2.48. The summed E-state index contributed by atoms with van der Waals surface area (Å²) in [6, 6.07) is 9.19. The fraction of sp³-hybridized carbons (Fsp3) is 0.357. The van der Waals surface area contributed by atoms with Gasteiger partial charge in [0.15, 0.2) is 0 Å². The molecule has 2 aromatic rings. The number of nitrogens with two attached hydrogens (primary N) is 1. The van der Waals surface area contributed by atoms with Gasteiger partial charge in [-0.05, 0) is 30.9 Å². The largest absolute Gasteiger partial charge is 0.329 e. The Morgan fingerprint density at radius 2 is 1.94 bits per heavy atom. The molecule has 3 heteroatoms. The van der Waals surface area contributed by atoms with Gasteiger partial charge in [-0.1, -0.05) is 24.3 Å². The quantitative estimate of drug-likeness (QED) is 0.855. The van der Waals surface area contributed by atoms with E-state index in [-0.39, 0.29) is 6.04 Å². The monoisotopic (exact) mass is 227 g/mol. The molecular weight excluding hydrogens is 210 g/mol. The summed E-state index contributed by atoms with van der Waals surface area (Å²) in [4.78, 5) is 4.23. The normalized spacial score (nSPS) is 17.1. The molecule has 3 nitrogen and oxygen atoms in total. The first-order chi connectivity index (χ1) is 8.25. The Morgan fingerprint density at radius 3 is 2.53 bits per heavy atom. The van der Waals surface area contributed by atoms with Crippen molar-refractivity contribution in [3.05, 3.63) is 53.6 Å². The maximum atomic E-state index is 5.97. The fourth-order valence-corrected chi connectivity index (χ4v) is 2.70. The molecule has 88 valence electrons. The van der Waals surface area contributed by atoms with E-state index < -0.39 is 0 Å². The summed E-state index contributed by atoms with van der Waals surface area (Å²) in [6.45, 7) is 2.01. The first kappa shape index (κ1) is 10.5. The van der Waals surface area contributed by atoms with Gasteiger partial charge in [-0.3, -0.25) is 0 Å². The van der Waals surface area contributed by atoms with Crippen molar-refractivity contribution in [2.75, 3.05) is 0 Å². The van der Waals surface area contributed by atoms with Crippen LogP contribution in [-0.4, -0.2) is 9.55 Å². The van der Waals surface area contributed by atoms with E-state index in [1.807, 2.05) is 19.4 Å². The van der Waals surface area contributed by atoms with Crippen LogP contribution >= 0.6 is 0 Å². The molecule has 0 unspecified atom stereocenters. The van der Waals surface area contributed by atoms with Crippen molar-refractivity contribution >= 4 is 0 Å². The number of benzene rings is 1. The Labute approximate surface area is 101 Å². The third-order valence-electron chi connectivity index (χ3n) is 3.59. The van der Waals surface area contributed by atoms with Gasteiger partial charge in [-0.25, -0.2) is 4.98 Å². The van der Waals surface area contributed by atoms with E-state index >= 15 is 0 Å². The van der Waals surface area contributed by atoms with Gasteiger partial charge >= 0.3 is 0 Å². The van der Waals surface area contributed by atoms with Gasteiger partial charge in [0.2, 0.25) is 0 Å². The van der Waals surface area contributed by atoms with Crippen molar-refractivity contribution in [2.45, 2.75) is 31.8 Å². The third-order valence-corrected chi connectivity index (χ3v) is 3.59. The van der Waals surface area contributed by atoms with E-state index in [1.165, 1.54) is 11.1 Å². The van der Waals surface area contributed by atoms with E-state index in [9.17, 15) is 0 Å². The molecule has 0 saturated carbocycles. The minimum atomic E-state index is 0.0428. The average molecular weight is 227 g/mol. The summed E-state index contributed by atoms with van der Waals surface area (Å²) in [6.07, 6.45) is 5.97. The molecule has 0 radical (unpaired) electrons. The Bertz CT molecular complexity index is 503. The number of rotatable bonds is 2. The highest BCUT2D eigenvalue weighted by Gasteiger charge is 2.24. The Hall–Kier alpha value is -1.61. The van der Waals surface area contributed by atoms with Gasteiger partial charge in [0.25, 0.3) is 0 Å². The molecule has 1 atom stereocenters. The molecule has 1 heterocycles. The SMILES string of the molecule is C[C@H](N)c1cncn1C1Cc2ccccc2C1. The van der Waals surface area contributed by atoms with Crippen LogP contribution in [0.3, 0.4) is 0 Å². The van der Waals surface area contributed by atoms with Crippen LogP contribution in [0.4, 0.5) is 0 Å². The molecule has 17 heavy (non-hydrogen) atoms. The smallest absolute Gasteiger partial charge is 0.0951 e. The number of hydrogen-bond donors (Lipinski definition) is 1. The molecule has 1 aliphatic rings. The number of nitrogens with zero attached hydrogens (tertiary/aromatic N) is 2. The fourth-order valence-electron chi connectivity index (χ4n) is 2.70. The lowest BCUT2D eigenvalue weighted by atomic mass is 10.1. The van der Waals surface area contributed by atoms with Crippen LogP contribution in [0.2, 0.25) is 0 Å². The van der Waals surface area contributed by atoms with E-state index in [2.05, 4.69) is 33.8 Å². The van der Waals surface area contributed by atoms with Crippen molar-refractivity contribution in [2.24, 2.45) is 5.73 Å². The number of imidazole rings is 1. The molecule has 0 spiro atoms. The molecule has 2 N–H and O–H groups in total.